The van der Waals surface area contributed by atoms with Gasteiger partial charge in [-0.15, -0.1) is 0 Å². The summed E-state index contributed by atoms with van der Waals surface area (Å²) in [6.07, 6.45) is 0.754. The highest BCUT2D eigenvalue weighted by Crippen LogP contribution is 2.50. The summed E-state index contributed by atoms with van der Waals surface area (Å²) in [6.45, 7) is 1.82. The highest BCUT2D eigenvalue weighted by Gasteiger charge is 2.43. The molecule has 2 unspecified atom stereocenters. The van der Waals surface area contributed by atoms with Crippen LogP contribution >= 0.6 is 11.6 Å². The van der Waals surface area contributed by atoms with Crippen molar-refractivity contribution >= 4 is 28.8 Å². The number of anilines is 1. The van der Waals surface area contributed by atoms with Gasteiger partial charge in [-0.25, -0.2) is 0 Å². The van der Waals surface area contributed by atoms with E-state index >= 15 is 0 Å². The van der Waals surface area contributed by atoms with E-state index in [1.807, 2.05) is 43.3 Å². The first kappa shape index (κ1) is 24.3. The van der Waals surface area contributed by atoms with Crippen LogP contribution in [0.2, 0.25) is 5.02 Å². The Morgan fingerprint density at radius 3 is 2.46 bits per heavy atom. The quantitative estimate of drug-likeness (QED) is 0.327. The van der Waals surface area contributed by atoms with E-state index in [0.29, 0.717) is 34.0 Å². The van der Waals surface area contributed by atoms with Crippen LogP contribution < -0.4 is 10.6 Å². The van der Waals surface area contributed by atoms with Crippen molar-refractivity contribution in [2.75, 3.05) is 4.90 Å². The predicted octanol–water partition coefficient (Wildman–Crippen LogP) is 6.26. The Morgan fingerprint density at radius 2 is 1.78 bits per heavy atom. The summed E-state index contributed by atoms with van der Waals surface area (Å²) < 4.78 is 0. The van der Waals surface area contributed by atoms with Crippen LogP contribution in [0.4, 0.5) is 11.4 Å². The number of nitrogens with zero attached hydrogens (tertiary/aromatic N) is 3. The molecule has 0 spiro atoms. The molecule has 1 aliphatic carbocycles. The van der Waals surface area contributed by atoms with Gasteiger partial charge in [0.2, 0.25) is 0 Å². The van der Waals surface area contributed by atoms with E-state index in [2.05, 4.69) is 6.07 Å². The average molecular weight is 511 g/mol. The van der Waals surface area contributed by atoms with Gasteiger partial charge >= 0.3 is 0 Å². The second-order valence-corrected chi connectivity index (χ2v) is 9.70. The van der Waals surface area contributed by atoms with E-state index in [1.54, 1.807) is 29.2 Å². The van der Waals surface area contributed by atoms with E-state index in [-0.39, 0.29) is 35.2 Å². The monoisotopic (exact) mass is 510 g/mol. The second-order valence-electron chi connectivity index (χ2n) is 9.26. The molecule has 2 atom stereocenters. The molecule has 1 aliphatic heterocycles. The maximum Gasteiger partial charge on any atom is 0.271 e. The summed E-state index contributed by atoms with van der Waals surface area (Å²) in [5, 5.41) is 22.3. The summed E-state index contributed by atoms with van der Waals surface area (Å²) in [7, 11) is 0. The topological polar surface area (TPSA) is 113 Å². The van der Waals surface area contributed by atoms with Gasteiger partial charge in [0, 0.05) is 34.8 Å². The molecule has 0 saturated carbocycles. The van der Waals surface area contributed by atoms with Gasteiger partial charge in [0.15, 0.2) is 5.78 Å². The molecule has 0 radical (unpaired) electrons. The normalized spacial score (nSPS) is 19.5. The number of allylic oxidation sites excluding steroid dienone is 3. The van der Waals surface area contributed by atoms with Crippen LogP contribution in [0.25, 0.3) is 0 Å². The third-order valence-electron chi connectivity index (χ3n) is 7.06. The lowest BCUT2D eigenvalue weighted by atomic mass is 9.71. The molecule has 0 saturated heterocycles. The molecular weight excluding hydrogens is 488 g/mol. The molecule has 5 rings (SSSR count). The van der Waals surface area contributed by atoms with Crippen LogP contribution in [0.15, 0.2) is 95.5 Å². The standard InChI is InChI=1S/C29H23ClN4O3/c1-17-10-11-22(34(36)37)15-24(17)33-25-13-20(18-6-3-2-4-7-18)14-26(35)28(25)27(23(16-31)29(33)32)19-8-5-9-21(30)12-19/h2-12,15,20,27H,13-14,32H2,1H3. The number of ketones is 1. The first-order valence-electron chi connectivity index (χ1n) is 11.8. The van der Waals surface area contributed by atoms with Gasteiger partial charge in [-0.1, -0.05) is 60.1 Å². The van der Waals surface area contributed by atoms with Crippen LogP contribution in [0.3, 0.4) is 0 Å². The van der Waals surface area contributed by atoms with E-state index in [0.717, 1.165) is 11.1 Å². The van der Waals surface area contributed by atoms with Crippen molar-refractivity contribution in [1.29, 1.82) is 5.26 Å². The van der Waals surface area contributed by atoms with Crippen molar-refractivity contribution in [1.82, 2.24) is 0 Å². The van der Waals surface area contributed by atoms with E-state index < -0.39 is 10.8 Å². The van der Waals surface area contributed by atoms with Crippen LogP contribution in [0, 0.1) is 28.4 Å². The predicted molar refractivity (Wildman–Crippen MR) is 142 cm³/mol. The van der Waals surface area contributed by atoms with Crippen molar-refractivity contribution in [3.8, 4) is 6.07 Å². The number of carbonyl (C=O) groups is 1. The van der Waals surface area contributed by atoms with Crippen LogP contribution in [0.5, 0.6) is 0 Å². The van der Waals surface area contributed by atoms with Crippen LogP contribution in [0.1, 0.15) is 41.4 Å². The van der Waals surface area contributed by atoms with Crippen LogP contribution in [-0.2, 0) is 4.79 Å². The number of hydrogen-bond acceptors (Lipinski definition) is 6. The molecule has 2 aliphatic rings. The number of non-ortho nitro benzene ring substituents is 1. The number of nitrogens with two attached hydrogens (primary N) is 1. The number of nitro groups is 1. The second kappa shape index (κ2) is 9.57. The first-order valence-corrected chi connectivity index (χ1v) is 12.2. The third-order valence-corrected chi connectivity index (χ3v) is 7.30. The van der Waals surface area contributed by atoms with E-state index in [1.165, 1.54) is 12.1 Å². The zero-order chi connectivity index (χ0) is 26.3. The lowest BCUT2D eigenvalue weighted by molar-refractivity contribution is -0.384. The van der Waals surface area contributed by atoms with E-state index in [9.17, 15) is 20.2 Å². The molecule has 3 aromatic rings. The Hall–Kier alpha value is -4.41. The summed E-state index contributed by atoms with van der Waals surface area (Å²) in [4.78, 5) is 26.7. The largest absolute Gasteiger partial charge is 0.384 e. The zero-order valence-corrected chi connectivity index (χ0v) is 20.8. The number of aryl methyl sites for hydroxylation is 1. The van der Waals surface area contributed by atoms with Gasteiger partial charge in [0.05, 0.1) is 28.2 Å². The highest BCUT2D eigenvalue weighted by molar-refractivity contribution is 6.30. The Balaban J connectivity index is 1.77. The summed E-state index contributed by atoms with van der Waals surface area (Å²) in [5.74, 6) is -0.728. The van der Waals surface area contributed by atoms with Gasteiger partial charge in [0.25, 0.3) is 5.69 Å². The maximum absolute atomic E-state index is 13.9. The average Bonchev–Trinajstić information content (AvgIpc) is 2.89. The highest BCUT2D eigenvalue weighted by atomic mass is 35.5. The first-order chi connectivity index (χ1) is 17.8. The number of nitro benzene ring substituents is 1. The van der Waals surface area contributed by atoms with Gasteiger partial charge in [-0.2, -0.15) is 5.26 Å². The number of hydrogen-bond donors (Lipinski definition) is 1. The molecule has 7 nitrogen and oxygen atoms in total. The van der Waals surface area contributed by atoms with Crippen molar-refractivity contribution in [3.05, 3.63) is 127 Å². The fourth-order valence-corrected chi connectivity index (χ4v) is 5.54. The smallest absolute Gasteiger partial charge is 0.271 e. The molecule has 3 aromatic carbocycles. The molecule has 37 heavy (non-hydrogen) atoms. The number of rotatable bonds is 4. The lowest BCUT2D eigenvalue weighted by Crippen LogP contribution is -2.40. The Bertz CT molecular complexity index is 1540. The molecule has 8 heteroatoms. The van der Waals surface area contributed by atoms with Gasteiger partial charge in [-0.3, -0.25) is 19.8 Å². The minimum atomic E-state index is -0.682. The van der Waals surface area contributed by atoms with Gasteiger partial charge in [-0.05, 0) is 48.1 Å². The molecule has 2 N–H and O–H groups in total. The molecular formula is C29H23ClN4O3. The Kier molecular flexibility index (Phi) is 6.28. The minimum absolute atomic E-state index is 0.0894. The number of benzene rings is 3. The van der Waals surface area contributed by atoms with Gasteiger partial charge < -0.3 is 5.73 Å². The van der Waals surface area contributed by atoms with Crippen molar-refractivity contribution in [3.63, 3.8) is 0 Å². The summed E-state index contributed by atoms with van der Waals surface area (Å²) in [6, 6.07) is 23.6. The SMILES string of the molecule is Cc1ccc([N+](=O)[O-])cc1N1C(N)=C(C#N)C(c2cccc(Cl)c2)C2=C1CC(c1ccccc1)CC2=O. The number of halogens is 1. The molecule has 184 valence electrons. The fourth-order valence-electron chi connectivity index (χ4n) is 5.34. The number of Topliss-reactive ketones (excluding diaryl/α,β-unsaturated/α-hetero) is 1. The third kappa shape index (κ3) is 4.26. The van der Waals surface area contributed by atoms with Crippen LogP contribution in [-0.4, -0.2) is 10.7 Å². The fraction of sp³-hybridized carbons (Fsp3) is 0.172. The molecule has 0 fully saturated rings. The lowest BCUT2D eigenvalue weighted by Gasteiger charge is -2.42. The molecule has 1 heterocycles. The minimum Gasteiger partial charge on any atom is -0.384 e. The number of nitriles is 1. The maximum atomic E-state index is 13.9. The Morgan fingerprint density at radius 1 is 1.05 bits per heavy atom. The van der Waals surface area contributed by atoms with Crippen molar-refractivity contribution < 1.29 is 9.72 Å². The van der Waals surface area contributed by atoms with Crippen molar-refractivity contribution in [2.24, 2.45) is 5.73 Å². The van der Waals surface area contributed by atoms with Gasteiger partial charge in [0.1, 0.15) is 5.82 Å². The summed E-state index contributed by atoms with van der Waals surface area (Å²) in [5.41, 5.74) is 10.8. The Labute approximate surface area is 219 Å². The molecule has 0 bridgehead atoms. The molecule has 0 amide bonds. The van der Waals surface area contributed by atoms with Crippen molar-refractivity contribution in [2.45, 2.75) is 31.6 Å². The molecule has 0 aromatic heterocycles. The number of carbonyl (C=O) groups excluding carboxylic acids is 1. The van der Waals surface area contributed by atoms with E-state index in [4.69, 9.17) is 17.3 Å². The zero-order valence-electron chi connectivity index (χ0n) is 20.0. The summed E-state index contributed by atoms with van der Waals surface area (Å²) >= 11 is 6.29.